The molecule has 1 saturated heterocycles. The molecule has 0 radical (unpaired) electrons. The van der Waals surface area contributed by atoms with Crippen molar-refractivity contribution in [1.29, 1.82) is 0 Å². The number of rotatable bonds is 4. The van der Waals surface area contributed by atoms with Gasteiger partial charge in [0.05, 0.1) is 19.8 Å². The van der Waals surface area contributed by atoms with Gasteiger partial charge in [-0.3, -0.25) is 4.79 Å². The van der Waals surface area contributed by atoms with Gasteiger partial charge in [0.1, 0.15) is 11.5 Å². The van der Waals surface area contributed by atoms with Crippen LogP contribution in [0.1, 0.15) is 30.1 Å². The average molecular weight is 292 g/mol. The highest BCUT2D eigenvalue weighted by Gasteiger charge is 2.32. The van der Waals surface area contributed by atoms with E-state index in [1.165, 1.54) is 0 Å². The molecule has 1 aliphatic heterocycles. The average Bonchev–Trinajstić information content (AvgIpc) is 2.53. The zero-order valence-electron chi connectivity index (χ0n) is 13.0. The molecule has 1 aromatic carbocycles. The van der Waals surface area contributed by atoms with Crippen LogP contribution in [-0.4, -0.2) is 44.2 Å². The smallest absolute Gasteiger partial charge is 0.257 e. The fraction of sp³-hybridized carbons (Fsp3) is 0.562. The Hall–Kier alpha value is -1.75. The first-order valence-corrected chi connectivity index (χ1v) is 7.35. The zero-order chi connectivity index (χ0) is 15.4. The fourth-order valence-corrected chi connectivity index (χ4v) is 2.99. The van der Waals surface area contributed by atoms with E-state index in [2.05, 4.69) is 6.92 Å². The van der Waals surface area contributed by atoms with E-state index in [0.717, 1.165) is 19.4 Å². The molecule has 1 heterocycles. The van der Waals surface area contributed by atoms with Gasteiger partial charge in [0.2, 0.25) is 0 Å². The number of piperidine rings is 1. The van der Waals surface area contributed by atoms with Crippen molar-refractivity contribution in [2.24, 2.45) is 11.7 Å². The minimum atomic E-state index is -0.0171. The topological polar surface area (TPSA) is 64.8 Å². The van der Waals surface area contributed by atoms with Crippen LogP contribution < -0.4 is 15.2 Å². The van der Waals surface area contributed by atoms with Crippen LogP contribution in [0.4, 0.5) is 0 Å². The van der Waals surface area contributed by atoms with E-state index in [1.54, 1.807) is 32.4 Å². The molecular weight excluding hydrogens is 268 g/mol. The highest BCUT2D eigenvalue weighted by molar-refractivity contribution is 5.97. The maximum Gasteiger partial charge on any atom is 0.257 e. The number of carbonyl (C=O) groups is 1. The third kappa shape index (κ3) is 3.13. The lowest BCUT2D eigenvalue weighted by atomic mass is 9.90. The summed E-state index contributed by atoms with van der Waals surface area (Å²) in [6.07, 6.45) is 2.13. The first-order valence-electron chi connectivity index (χ1n) is 7.35. The summed E-state index contributed by atoms with van der Waals surface area (Å²) in [5.74, 6) is 1.62. The Morgan fingerprint density at radius 1 is 1.38 bits per heavy atom. The summed E-state index contributed by atoms with van der Waals surface area (Å²) in [5.41, 5.74) is 6.43. The molecule has 2 N–H and O–H groups in total. The van der Waals surface area contributed by atoms with E-state index in [-0.39, 0.29) is 11.9 Å². The number of amides is 1. The van der Waals surface area contributed by atoms with E-state index >= 15 is 0 Å². The summed E-state index contributed by atoms with van der Waals surface area (Å²) in [6.45, 7) is 3.40. The van der Waals surface area contributed by atoms with Crippen LogP contribution in [0.5, 0.6) is 11.5 Å². The maximum absolute atomic E-state index is 12.8. The minimum absolute atomic E-state index is 0.0171. The molecule has 2 atom stereocenters. The van der Waals surface area contributed by atoms with E-state index in [1.807, 2.05) is 4.90 Å². The number of carbonyl (C=O) groups excluding carboxylic acids is 1. The third-order valence-corrected chi connectivity index (χ3v) is 4.26. The number of nitrogens with zero attached hydrogens (tertiary/aromatic N) is 1. The van der Waals surface area contributed by atoms with Gasteiger partial charge in [-0.2, -0.15) is 0 Å². The minimum Gasteiger partial charge on any atom is -0.497 e. The summed E-state index contributed by atoms with van der Waals surface area (Å²) < 4.78 is 10.5. The van der Waals surface area contributed by atoms with E-state index in [4.69, 9.17) is 15.2 Å². The van der Waals surface area contributed by atoms with Crippen LogP contribution >= 0.6 is 0 Å². The van der Waals surface area contributed by atoms with Gasteiger partial charge >= 0.3 is 0 Å². The third-order valence-electron chi connectivity index (χ3n) is 4.26. The molecule has 5 heteroatoms. The molecular formula is C16H24N2O3. The Labute approximate surface area is 126 Å². The number of benzene rings is 1. The van der Waals surface area contributed by atoms with Crippen LogP contribution in [-0.2, 0) is 0 Å². The molecule has 21 heavy (non-hydrogen) atoms. The maximum atomic E-state index is 12.8. The highest BCUT2D eigenvalue weighted by atomic mass is 16.5. The molecule has 1 amide bonds. The second-order valence-corrected chi connectivity index (χ2v) is 5.49. The largest absolute Gasteiger partial charge is 0.497 e. The molecule has 2 rings (SSSR count). The molecule has 1 aromatic rings. The Balaban J connectivity index is 2.30. The number of nitrogens with two attached hydrogens (primary N) is 1. The number of likely N-dealkylation sites (tertiary alicyclic amines) is 1. The second kappa shape index (κ2) is 6.80. The van der Waals surface area contributed by atoms with Crippen molar-refractivity contribution < 1.29 is 14.3 Å². The summed E-state index contributed by atoms with van der Waals surface area (Å²) in [7, 11) is 3.15. The summed E-state index contributed by atoms with van der Waals surface area (Å²) in [4.78, 5) is 14.7. The van der Waals surface area contributed by atoms with Crippen molar-refractivity contribution in [3.8, 4) is 11.5 Å². The molecule has 2 unspecified atom stereocenters. The number of hydrogen-bond donors (Lipinski definition) is 1. The monoisotopic (exact) mass is 292 g/mol. The first-order chi connectivity index (χ1) is 10.1. The van der Waals surface area contributed by atoms with Crippen molar-refractivity contribution in [2.75, 3.05) is 27.3 Å². The fourth-order valence-electron chi connectivity index (χ4n) is 2.99. The van der Waals surface area contributed by atoms with Crippen LogP contribution in [0.2, 0.25) is 0 Å². The molecule has 0 spiro atoms. The predicted molar refractivity (Wildman–Crippen MR) is 81.8 cm³/mol. The van der Waals surface area contributed by atoms with E-state index < -0.39 is 0 Å². The van der Waals surface area contributed by atoms with Crippen LogP contribution in [0, 0.1) is 5.92 Å². The van der Waals surface area contributed by atoms with Gasteiger partial charge in [0.15, 0.2) is 0 Å². The molecule has 116 valence electrons. The van der Waals surface area contributed by atoms with Crippen molar-refractivity contribution in [3.05, 3.63) is 23.8 Å². The van der Waals surface area contributed by atoms with Gasteiger partial charge in [-0.15, -0.1) is 0 Å². The predicted octanol–water partition coefficient (Wildman–Crippen LogP) is 1.90. The summed E-state index contributed by atoms with van der Waals surface area (Å²) in [6, 6.07) is 5.36. The van der Waals surface area contributed by atoms with Gasteiger partial charge in [0.25, 0.3) is 5.91 Å². The summed E-state index contributed by atoms with van der Waals surface area (Å²) in [5, 5.41) is 0. The molecule has 5 nitrogen and oxygen atoms in total. The quantitative estimate of drug-likeness (QED) is 0.920. The van der Waals surface area contributed by atoms with Gasteiger partial charge < -0.3 is 20.1 Å². The number of methoxy groups -OCH3 is 2. The number of hydrogen-bond acceptors (Lipinski definition) is 4. The zero-order valence-corrected chi connectivity index (χ0v) is 13.0. The standard InChI is InChI=1S/C16H24N2O3/c1-11-5-4-8-18(14(11)10-17)16(19)13-7-6-12(20-2)9-15(13)21-3/h6-7,9,11,14H,4-5,8,10,17H2,1-3H3. The Morgan fingerprint density at radius 3 is 2.76 bits per heavy atom. The molecule has 0 bridgehead atoms. The van der Waals surface area contributed by atoms with E-state index in [9.17, 15) is 4.79 Å². The Bertz CT molecular complexity index is 504. The highest BCUT2D eigenvalue weighted by Crippen LogP contribution is 2.29. The van der Waals surface area contributed by atoms with Crippen LogP contribution in [0.15, 0.2) is 18.2 Å². The lowest BCUT2D eigenvalue weighted by Crippen LogP contribution is -2.51. The van der Waals surface area contributed by atoms with Crippen molar-refractivity contribution in [1.82, 2.24) is 4.90 Å². The van der Waals surface area contributed by atoms with Crippen molar-refractivity contribution in [3.63, 3.8) is 0 Å². The molecule has 1 aliphatic rings. The number of ether oxygens (including phenoxy) is 2. The van der Waals surface area contributed by atoms with Gasteiger partial charge in [0, 0.05) is 25.2 Å². The van der Waals surface area contributed by atoms with Gasteiger partial charge in [-0.25, -0.2) is 0 Å². The Morgan fingerprint density at radius 2 is 2.14 bits per heavy atom. The van der Waals surface area contributed by atoms with Gasteiger partial charge in [-0.1, -0.05) is 6.92 Å². The Kier molecular flexibility index (Phi) is 5.07. The molecule has 0 aromatic heterocycles. The lowest BCUT2D eigenvalue weighted by Gasteiger charge is -2.39. The van der Waals surface area contributed by atoms with Crippen molar-refractivity contribution >= 4 is 5.91 Å². The SMILES string of the molecule is COc1ccc(C(=O)N2CCCC(C)C2CN)c(OC)c1. The first kappa shape index (κ1) is 15.6. The van der Waals surface area contributed by atoms with Crippen molar-refractivity contribution in [2.45, 2.75) is 25.8 Å². The normalized spacial score (nSPS) is 22.0. The van der Waals surface area contributed by atoms with E-state index in [0.29, 0.717) is 29.5 Å². The second-order valence-electron chi connectivity index (χ2n) is 5.49. The molecule has 0 aliphatic carbocycles. The van der Waals surface area contributed by atoms with Crippen LogP contribution in [0.3, 0.4) is 0 Å². The lowest BCUT2D eigenvalue weighted by molar-refractivity contribution is 0.0529. The van der Waals surface area contributed by atoms with Crippen LogP contribution in [0.25, 0.3) is 0 Å². The van der Waals surface area contributed by atoms with Gasteiger partial charge in [-0.05, 0) is 30.9 Å². The molecule has 1 fully saturated rings. The molecule has 0 saturated carbocycles. The summed E-state index contributed by atoms with van der Waals surface area (Å²) >= 11 is 0.